The van der Waals surface area contributed by atoms with E-state index in [0.717, 1.165) is 0 Å². The molecule has 1 aromatic rings. The van der Waals surface area contributed by atoms with E-state index in [1.807, 2.05) is 6.92 Å². The van der Waals surface area contributed by atoms with Crippen LogP contribution in [0.25, 0.3) is 0 Å². The first-order chi connectivity index (χ1) is 7.19. The highest BCUT2D eigenvalue weighted by molar-refractivity contribution is 5.28. The summed E-state index contributed by atoms with van der Waals surface area (Å²) in [5.74, 6) is -1.04. The van der Waals surface area contributed by atoms with E-state index >= 15 is 0 Å². The second-order valence-corrected chi connectivity index (χ2v) is 3.73. The zero-order chi connectivity index (χ0) is 10.9. The molecular formula is C11H13F2NO. The molecule has 1 saturated heterocycles. The molecule has 0 spiro atoms. The number of halogens is 2. The molecule has 4 heteroatoms. The molecule has 1 fully saturated rings. The maximum atomic E-state index is 13.6. The van der Waals surface area contributed by atoms with Crippen LogP contribution in [0, 0.1) is 11.6 Å². The second kappa shape index (κ2) is 3.87. The maximum Gasteiger partial charge on any atom is 0.131 e. The third kappa shape index (κ3) is 1.64. The Kier molecular flexibility index (Phi) is 2.71. The summed E-state index contributed by atoms with van der Waals surface area (Å²) in [7, 11) is 0. The van der Waals surface area contributed by atoms with Gasteiger partial charge in [-0.1, -0.05) is 13.0 Å². The third-order valence-corrected chi connectivity index (χ3v) is 2.94. The average Bonchev–Trinajstić information content (AvgIpc) is 2.67. The largest absolute Gasteiger partial charge is 0.301 e. The van der Waals surface area contributed by atoms with Gasteiger partial charge in [-0.25, -0.2) is 8.78 Å². The van der Waals surface area contributed by atoms with Crippen LogP contribution in [-0.4, -0.2) is 6.61 Å². The summed E-state index contributed by atoms with van der Waals surface area (Å²) in [5.41, 5.74) is 2.11. The fourth-order valence-electron chi connectivity index (χ4n) is 2.02. The molecule has 1 aromatic carbocycles. The predicted molar refractivity (Wildman–Crippen MR) is 52.0 cm³/mol. The summed E-state index contributed by atoms with van der Waals surface area (Å²) in [6.45, 7) is 2.36. The third-order valence-electron chi connectivity index (χ3n) is 2.94. The van der Waals surface area contributed by atoms with Crippen molar-refractivity contribution in [3.63, 3.8) is 0 Å². The standard InChI is InChI=1S/C11H13F2NO/c1-2-11(6-7-15-14-11)10-8(12)4-3-5-9(10)13/h3-5,14H,2,6-7H2,1H3. The first kappa shape index (κ1) is 10.5. The molecule has 1 atom stereocenters. The minimum atomic E-state index is -0.713. The lowest BCUT2D eigenvalue weighted by Crippen LogP contribution is -2.37. The Morgan fingerprint density at radius 3 is 2.53 bits per heavy atom. The van der Waals surface area contributed by atoms with E-state index < -0.39 is 17.2 Å². The van der Waals surface area contributed by atoms with E-state index in [0.29, 0.717) is 19.4 Å². The van der Waals surface area contributed by atoms with E-state index in [4.69, 9.17) is 4.84 Å². The Bertz CT molecular complexity index is 341. The summed E-state index contributed by atoms with van der Waals surface area (Å²) in [6, 6.07) is 3.92. The molecule has 0 radical (unpaired) electrons. The van der Waals surface area contributed by atoms with Crippen LogP contribution < -0.4 is 5.48 Å². The molecule has 0 aliphatic carbocycles. The van der Waals surface area contributed by atoms with Crippen molar-refractivity contribution in [1.82, 2.24) is 5.48 Å². The number of hydroxylamine groups is 1. The Labute approximate surface area is 87.2 Å². The topological polar surface area (TPSA) is 21.3 Å². The predicted octanol–water partition coefficient (Wildman–Crippen LogP) is 2.50. The van der Waals surface area contributed by atoms with Gasteiger partial charge in [0.05, 0.1) is 12.1 Å². The zero-order valence-corrected chi connectivity index (χ0v) is 8.52. The zero-order valence-electron chi connectivity index (χ0n) is 8.52. The fourth-order valence-corrected chi connectivity index (χ4v) is 2.02. The molecule has 0 aromatic heterocycles. The van der Waals surface area contributed by atoms with Gasteiger partial charge in [-0.2, -0.15) is 5.48 Å². The summed E-state index contributed by atoms with van der Waals surface area (Å²) in [6.07, 6.45) is 1.17. The number of hydrogen-bond acceptors (Lipinski definition) is 2. The van der Waals surface area contributed by atoms with Crippen molar-refractivity contribution < 1.29 is 13.6 Å². The van der Waals surface area contributed by atoms with Crippen molar-refractivity contribution in [3.8, 4) is 0 Å². The van der Waals surface area contributed by atoms with Crippen LogP contribution in [0.3, 0.4) is 0 Å². The second-order valence-electron chi connectivity index (χ2n) is 3.73. The molecule has 82 valence electrons. The quantitative estimate of drug-likeness (QED) is 0.815. The fraction of sp³-hybridized carbons (Fsp3) is 0.455. The smallest absolute Gasteiger partial charge is 0.131 e. The molecule has 2 nitrogen and oxygen atoms in total. The van der Waals surface area contributed by atoms with E-state index in [1.54, 1.807) is 0 Å². The molecule has 1 N–H and O–H groups in total. The van der Waals surface area contributed by atoms with Crippen molar-refractivity contribution >= 4 is 0 Å². The van der Waals surface area contributed by atoms with Crippen LogP contribution in [0.2, 0.25) is 0 Å². The van der Waals surface area contributed by atoms with Crippen molar-refractivity contribution in [2.45, 2.75) is 25.3 Å². The highest BCUT2D eigenvalue weighted by atomic mass is 19.1. The Hall–Kier alpha value is -1.00. The van der Waals surface area contributed by atoms with Gasteiger partial charge in [0, 0.05) is 5.56 Å². The van der Waals surface area contributed by atoms with Crippen LogP contribution in [-0.2, 0) is 10.4 Å². The average molecular weight is 213 g/mol. The lowest BCUT2D eigenvalue weighted by atomic mass is 9.85. The molecule has 0 saturated carbocycles. The molecule has 0 bridgehead atoms. The minimum absolute atomic E-state index is 0.0880. The molecular weight excluding hydrogens is 200 g/mol. The molecule has 1 heterocycles. The highest BCUT2D eigenvalue weighted by Gasteiger charge is 2.39. The highest BCUT2D eigenvalue weighted by Crippen LogP contribution is 2.35. The molecule has 1 aliphatic rings. The molecule has 2 rings (SSSR count). The van der Waals surface area contributed by atoms with E-state index in [1.165, 1.54) is 18.2 Å². The Morgan fingerprint density at radius 1 is 1.40 bits per heavy atom. The van der Waals surface area contributed by atoms with Gasteiger partial charge in [0.25, 0.3) is 0 Å². The first-order valence-electron chi connectivity index (χ1n) is 5.03. The van der Waals surface area contributed by atoms with Gasteiger partial charge in [-0.3, -0.25) is 0 Å². The van der Waals surface area contributed by atoms with Crippen molar-refractivity contribution in [2.24, 2.45) is 0 Å². The monoisotopic (exact) mass is 213 g/mol. The van der Waals surface area contributed by atoms with Crippen molar-refractivity contribution in [3.05, 3.63) is 35.4 Å². The van der Waals surface area contributed by atoms with Gasteiger partial charge >= 0.3 is 0 Å². The molecule has 1 aliphatic heterocycles. The first-order valence-corrected chi connectivity index (χ1v) is 5.03. The summed E-state index contributed by atoms with van der Waals surface area (Å²) < 4.78 is 27.2. The van der Waals surface area contributed by atoms with E-state index in [9.17, 15) is 8.78 Å². The van der Waals surface area contributed by atoms with Crippen LogP contribution >= 0.6 is 0 Å². The number of benzene rings is 1. The van der Waals surface area contributed by atoms with Gasteiger partial charge in [0.2, 0.25) is 0 Å². The lowest BCUT2D eigenvalue weighted by molar-refractivity contribution is 0.0563. The SMILES string of the molecule is CCC1(c2c(F)cccc2F)CCON1. The van der Waals surface area contributed by atoms with Gasteiger partial charge in [-0.05, 0) is 25.0 Å². The van der Waals surface area contributed by atoms with Crippen molar-refractivity contribution in [1.29, 1.82) is 0 Å². The molecule has 15 heavy (non-hydrogen) atoms. The van der Waals surface area contributed by atoms with Crippen LogP contribution in [0.1, 0.15) is 25.3 Å². The summed E-state index contributed by atoms with van der Waals surface area (Å²) in [4.78, 5) is 5.03. The number of rotatable bonds is 2. The lowest BCUT2D eigenvalue weighted by Gasteiger charge is -2.27. The summed E-state index contributed by atoms with van der Waals surface area (Å²) >= 11 is 0. The molecule has 1 unspecified atom stereocenters. The normalized spacial score (nSPS) is 25.8. The minimum Gasteiger partial charge on any atom is -0.301 e. The Morgan fingerprint density at radius 2 is 2.07 bits per heavy atom. The van der Waals surface area contributed by atoms with Crippen LogP contribution in [0.4, 0.5) is 8.78 Å². The number of nitrogens with one attached hydrogen (secondary N) is 1. The number of hydrogen-bond donors (Lipinski definition) is 1. The van der Waals surface area contributed by atoms with Gasteiger partial charge in [-0.15, -0.1) is 0 Å². The van der Waals surface area contributed by atoms with Crippen molar-refractivity contribution in [2.75, 3.05) is 6.61 Å². The van der Waals surface area contributed by atoms with Gasteiger partial charge in [0.1, 0.15) is 11.6 Å². The van der Waals surface area contributed by atoms with Crippen LogP contribution in [0.5, 0.6) is 0 Å². The van der Waals surface area contributed by atoms with Gasteiger partial charge < -0.3 is 4.84 Å². The van der Waals surface area contributed by atoms with Crippen LogP contribution in [0.15, 0.2) is 18.2 Å². The van der Waals surface area contributed by atoms with E-state index in [2.05, 4.69) is 5.48 Å². The molecule has 0 amide bonds. The van der Waals surface area contributed by atoms with E-state index in [-0.39, 0.29) is 5.56 Å². The Balaban J connectivity index is 2.51. The maximum absolute atomic E-state index is 13.6. The summed E-state index contributed by atoms with van der Waals surface area (Å²) in [5, 5.41) is 0. The van der Waals surface area contributed by atoms with Gasteiger partial charge in [0.15, 0.2) is 0 Å².